The Morgan fingerprint density at radius 2 is 2.09 bits per heavy atom. The van der Waals surface area contributed by atoms with Crippen molar-refractivity contribution in [1.82, 2.24) is 0 Å². The van der Waals surface area contributed by atoms with E-state index >= 15 is 0 Å². The number of carbonyl (C=O) groups excluding carboxylic acids is 1. The van der Waals surface area contributed by atoms with Crippen molar-refractivity contribution in [3.63, 3.8) is 0 Å². The largest absolute Gasteiger partial charge is 0.303 e. The van der Waals surface area contributed by atoms with Crippen LogP contribution in [0.2, 0.25) is 0 Å². The number of hydrogen-bond donors (Lipinski definition) is 0. The Bertz CT molecular complexity index is 145. The Labute approximate surface area is 65.7 Å². The van der Waals surface area contributed by atoms with Crippen molar-refractivity contribution >= 4 is 6.29 Å². The van der Waals surface area contributed by atoms with Crippen molar-refractivity contribution in [3.8, 4) is 0 Å². The summed E-state index contributed by atoms with van der Waals surface area (Å²) < 4.78 is 0. The van der Waals surface area contributed by atoms with Crippen LogP contribution in [0.4, 0.5) is 0 Å². The molecule has 0 bridgehead atoms. The van der Waals surface area contributed by atoms with Crippen LogP contribution in [-0.4, -0.2) is 17.8 Å². The van der Waals surface area contributed by atoms with Crippen molar-refractivity contribution in [3.05, 3.63) is 10.1 Å². The highest BCUT2D eigenvalue weighted by molar-refractivity contribution is 5.49. The van der Waals surface area contributed by atoms with E-state index in [0.717, 1.165) is 6.29 Å². The molecule has 0 aliphatic carbocycles. The molecule has 0 fully saturated rings. The van der Waals surface area contributed by atoms with Crippen LogP contribution in [0.25, 0.3) is 0 Å². The van der Waals surface area contributed by atoms with Crippen molar-refractivity contribution in [1.29, 1.82) is 0 Å². The van der Waals surface area contributed by atoms with E-state index in [1.54, 1.807) is 0 Å². The Morgan fingerprint density at radius 1 is 1.55 bits per heavy atom. The lowest BCUT2D eigenvalue weighted by molar-refractivity contribution is -0.489. The van der Waals surface area contributed by atoms with E-state index in [4.69, 9.17) is 0 Å². The first-order valence-electron chi connectivity index (χ1n) is 3.63. The second-order valence-corrected chi connectivity index (χ2v) is 2.92. The van der Waals surface area contributed by atoms with Gasteiger partial charge in [0.25, 0.3) is 0 Å². The topological polar surface area (TPSA) is 60.2 Å². The van der Waals surface area contributed by atoms with E-state index in [0.29, 0.717) is 6.42 Å². The fraction of sp³-hybridized carbons (Fsp3) is 0.857. The summed E-state index contributed by atoms with van der Waals surface area (Å²) in [5.74, 6) is 0.0908. The lowest BCUT2D eigenvalue weighted by atomic mass is 9.93. The van der Waals surface area contributed by atoms with Gasteiger partial charge < -0.3 is 4.79 Å². The predicted molar refractivity (Wildman–Crippen MR) is 40.9 cm³/mol. The Kier molecular flexibility index (Phi) is 4.41. The molecular formula is C7H13NO3. The van der Waals surface area contributed by atoms with Gasteiger partial charge in [0.1, 0.15) is 6.29 Å². The van der Waals surface area contributed by atoms with Crippen molar-refractivity contribution in [2.75, 3.05) is 6.54 Å². The van der Waals surface area contributed by atoms with Crippen LogP contribution >= 0.6 is 0 Å². The first kappa shape index (κ1) is 10.1. The molecule has 0 aliphatic heterocycles. The summed E-state index contributed by atoms with van der Waals surface area (Å²) in [6, 6.07) is 0. The van der Waals surface area contributed by atoms with Gasteiger partial charge in [-0.2, -0.15) is 0 Å². The number of aldehydes is 1. The molecule has 11 heavy (non-hydrogen) atoms. The zero-order chi connectivity index (χ0) is 8.85. The van der Waals surface area contributed by atoms with Gasteiger partial charge in [-0.05, 0) is 5.92 Å². The minimum atomic E-state index is -0.367. The molecule has 4 heteroatoms. The molecule has 0 aliphatic rings. The van der Waals surface area contributed by atoms with Gasteiger partial charge in [0, 0.05) is 17.3 Å². The van der Waals surface area contributed by atoms with Gasteiger partial charge in [-0.3, -0.25) is 10.1 Å². The van der Waals surface area contributed by atoms with E-state index in [-0.39, 0.29) is 23.3 Å². The number of nitrogens with zero attached hydrogens (tertiary/aromatic N) is 1. The number of carbonyl (C=O) groups is 1. The van der Waals surface area contributed by atoms with Crippen LogP contribution in [0.3, 0.4) is 0 Å². The first-order chi connectivity index (χ1) is 5.07. The third kappa shape index (κ3) is 4.47. The maximum atomic E-state index is 10.1. The molecule has 0 aromatic carbocycles. The molecule has 0 amide bonds. The average Bonchev–Trinajstić information content (AvgIpc) is 1.86. The summed E-state index contributed by atoms with van der Waals surface area (Å²) in [4.78, 5) is 19.8. The quantitative estimate of drug-likeness (QED) is 0.343. The third-order valence-electron chi connectivity index (χ3n) is 1.73. The smallest absolute Gasteiger partial charge is 0.207 e. The van der Waals surface area contributed by atoms with Gasteiger partial charge in [0.2, 0.25) is 6.54 Å². The van der Waals surface area contributed by atoms with Crippen LogP contribution in [0, 0.1) is 22.0 Å². The van der Waals surface area contributed by atoms with Crippen LogP contribution in [-0.2, 0) is 4.79 Å². The monoisotopic (exact) mass is 159 g/mol. The Morgan fingerprint density at radius 3 is 2.36 bits per heavy atom. The highest BCUT2D eigenvalue weighted by Gasteiger charge is 2.18. The van der Waals surface area contributed by atoms with Gasteiger partial charge in [-0.1, -0.05) is 13.8 Å². The van der Waals surface area contributed by atoms with E-state index in [1.165, 1.54) is 0 Å². The molecule has 0 N–H and O–H groups in total. The van der Waals surface area contributed by atoms with E-state index in [2.05, 4.69) is 0 Å². The molecule has 0 unspecified atom stereocenters. The van der Waals surface area contributed by atoms with Gasteiger partial charge in [-0.15, -0.1) is 0 Å². The Hall–Kier alpha value is -0.930. The molecule has 64 valence electrons. The fourth-order valence-corrected chi connectivity index (χ4v) is 0.873. The lowest BCUT2D eigenvalue weighted by Crippen LogP contribution is -2.19. The predicted octanol–water partition coefficient (Wildman–Crippen LogP) is 1.12. The number of rotatable bonds is 5. The average molecular weight is 159 g/mol. The minimum Gasteiger partial charge on any atom is -0.303 e. The molecular weight excluding hydrogens is 146 g/mol. The van der Waals surface area contributed by atoms with Crippen LogP contribution in [0.1, 0.15) is 20.3 Å². The second-order valence-electron chi connectivity index (χ2n) is 2.92. The fourth-order valence-electron chi connectivity index (χ4n) is 0.873. The number of hydrogen-bond acceptors (Lipinski definition) is 3. The molecule has 0 aromatic rings. The Balaban J connectivity index is 3.88. The zero-order valence-corrected chi connectivity index (χ0v) is 6.82. The maximum absolute atomic E-state index is 10.1. The summed E-state index contributed by atoms with van der Waals surface area (Å²) in [6.45, 7) is 3.67. The summed E-state index contributed by atoms with van der Waals surface area (Å²) in [6.07, 6.45) is 1.03. The summed E-state index contributed by atoms with van der Waals surface area (Å²) in [5.41, 5.74) is 0. The van der Waals surface area contributed by atoms with E-state index in [9.17, 15) is 14.9 Å². The van der Waals surface area contributed by atoms with Crippen molar-refractivity contribution in [2.45, 2.75) is 20.3 Å². The van der Waals surface area contributed by atoms with Crippen LogP contribution in [0.15, 0.2) is 0 Å². The standard InChI is InChI=1S/C7H13NO3/c1-6(2)7(3-4-9)5-8(10)11/h4,6-7H,3,5H2,1-2H3/t7-/m1/s1. The third-order valence-corrected chi connectivity index (χ3v) is 1.73. The van der Waals surface area contributed by atoms with Gasteiger partial charge in [-0.25, -0.2) is 0 Å². The van der Waals surface area contributed by atoms with E-state index in [1.807, 2.05) is 13.8 Å². The molecule has 0 radical (unpaired) electrons. The van der Waals surface area contributed by atoms with Crippen LogP contribution in [0.5, 0.6) is 0 Å². The summed E-state index contributed by atoms with van der Waals surface area (Å²) in [5, 5.41) is 10.1. The lowest BCUT2D eigenvalue weighted by Gasteiger charge is -2.12. The number of nitro groups is 1. The normalized spacial score (nSPS) is 13.0. The first-order valence-corrected chi connectivity index (χ1v) is 3.63. The van der Waals surface area contributed by atoms with Crippen molar-refractivity contribution < 1.29 is 9.72 Å². The molecule has 4 nitrogen and oxygen atoms in total. The SMILES string of the molecule is CC(C)[C@H](CC=O)C[N+](=O)[O-]. The molecule has 0 aromatic heterocycles. The molecule has 0 spiro atoms. The zero-order valence-electron chi connectivity index (χ0n) is 6.82. The molecule has 0 saturated heterocycles. The van der Waals surface area contributed by atoms with Crippen molar-refractivity contribution in [2.24, 2.45) is 11.8 Å². The molecule has 0 rings (SSSR count). The summed E-state index contributed by atoms with van der Waals surface area (Å²) in [7, 11) is 0. The highest BCUT2D eigenvalue weighted by Crippen LogP contribution is 2.13. The van der Waals surface area contributed by atoms with E-state index < -0.39 is 0 Å². The summed E-state index contributed by atoms with van der Waals surface area (Å²) >= 11 is 0. The van der Waals surface area contributed by atoms with Gasteiger partial charge in [0.15, 0.2) is 0 Å². The molecule has 1 atom stereocenters. The second kappa shape index (κ2) is 4.82. The molecule has 0 heterocycles. The van der Waals surface area contributed by atoms with Gasteiger partial charge >= 0.3 is 0 Å². The maximum Gasteiger partial charge on any atom is 0.207 e. The molecule has 0 saturated carbocycles. The highest BCUT2D eigenvalue weighted by atomic mass is 16.6. The van der Waals surface area contributed by atoms with Gasteiger partial charge in [0.05, 0.1) is 0 Å². The van der Waals surface area contributed by atoms with Crippen LogP contribution < -0.4 is 0 Å². The minimum absolute atomic E-state index is 0.101.